The van der Waals surface area contributed by atoms with Crippen LogP contribution in [0.25, 0.3) is 0 Å². The molecule has 1 aliphatic heterocycles. The van der Waals surface area contributed by atoms with Crippen LogP contribution >= 0.6 is 0 Å². The Hall–Kier alpha value is -0.890. The molecular weight excluding hydrogens is 165 g/mol. The predicted octanol–water partition coefficient (Wildman–Crippen LogP) is 2.54. The third-order valence-electron chi connectivity index (χ3n) is 2.68. The van der Waals surface area contributed by atoms with Gasteiger partial charge in [0.05, 0.1) is 0 Å². The van der Waals surface area contributed by atoms with E-state index in [0.717, 1.165) is 31.5 Å². The van der Waals surface area contributed by atoms with E-state index in [1.807, 2.05) is 12.1 Å². The van der Waals surface area contributed by atoms with Gasteiger partial charge in [0.25, 0.3) is 0 Å². The van der Waals surface area contributed by atoms with Gasteiger partial charge in [0.15, 0.2) is 0 Å². The summed E-state index contributed by atoms with van der Waals surface area (Å²) < 4.78 is 13.4. The normalized spacial score (nSPS) is 18.8. The van der Waals surface area contributed by atoms with Gasteiger partial charge in [-0.1, -0.05) is 18.2 Å². The Morgan fingerprint density at radius 1 is 1.23 bits per heavy atom. The van der Waals surface area contributed by atoms with Crippen molar-refractivity contribution >= 4 is 0 Å². The van der Waals surface area contributed by atoms with Crippen LogP contribution in [0.1, 0.15) is 25.7 Å². The quantitative estimate of drug-likeness (QED) is 0.702. The fourth-order valence-electron chi connectivity index (χ4n) is 1.94. The summed E-state index contributed by atoms with van der Waals surface area (Å²) >= 11 is 0. The van der Waals surface area contributed by atoms with Crippen LogP contribution in [0.4, 0.5) is 4.39 Å². The molecule has 13 heavy (non-hydrogen) atoms. The van der Waals surface area contributed by atoms with Crippen LogP contribution in [-0.4, -0.2) is 13.1 Å². The van der Waals surface area contributed by atoms with Gasteiger partial charge >= 0.3 is 0 Å². The second-order valence-corrected chi connectivity index (χ2v) is 3.55. The zero-order chi connectivity index (χ0) is 9.10. The van der Waals surface area contributed by atoms with Gasteiger partial charge < -0.3 is 5.32 Å². The maximum absolute atomic E-state index is 13.4. The van der Waals surface area contributed by atoms with Gasteiger partial charge in [0, 0.05) is 1.43 Å². The van der Waals surface area contributed by atoms with Crippen LogP contribution in [0, 0.1) is 5.82 Å². The molecule has 0 radical (unpaired) electrons. The molecule has 1 saturated heterocycles. The highest BCUT2D eigenvalue weighted by atomic mass is 19.1. The first-order chi connectivity index (χ1) is 6.38. The van der Waals surface area contributed by atoms with Crippen molar-refractivity contribution in [2.24, 2.45) is 0 Å². The highest BCUT2D eigenvalue weighted by Crippen LogP contribution is 2.26. The highest BCUT2D eigenvalue weighted by molar-refractivity contribution is 5.22. The van der Waals surface area contributed by atoms with Gasteiger partial charge in [-0.2, -0.15) is 0 Å². The standard InChI is InChI=1S/C11H14FN.H2/c12-11-4-2-1-3-10(11)9-5-7-13-8-6-9;/h1-4,9,13H,5-8H2;1H. The Balaban J connectivity index is 0.000000980. The van der Waals surface area contributed by atoms with Crippen molar-refractivity contribution in [2.75, 3.05) is 13.1 Å². The van der Waals surface area contributed by atoms with E-state index in [0.29, 0.717) is 5.92 Å². The molecule has 72 valence electrons. The average Bonchev–Trinajstić information content (AvgIpc) is 2.20. The number of nitrogens with one attached hydrogen (secondary N) is 1. The Kier molecular flexibility index (Phi) is 2.60. The lowest BCUT2D eigenvalue weighted by Gasteiger charge is -2.23. The number of halogens is 1. The summed E-state index contributed by atoms with van der Waals surface area (Å²) in [5.41, 5.74) is 0.893. The molecule has 1 nitrogen and oxygen atoms in total. The summed E-state index contributed by atoms with van der Waals surface area (Å²) in [6.45, 7) is 2.03. The van der Waals surface area contributed by atoms with Crippen LogP contribution in [0.15, 0.2) is 24.3 Å². The zero-order valence-electron chi connectivity index (χ0n) is 7.59. The summed E-state index contributed by atoms with van der Waals surface area (Å²) in [5.74, 6) is 0.372. The molecule has 1 aromatic rings. The topological polar surface area (TPSA) is 12.0 Å². The molecule has 1 fully saturated rings. The maximum Gasteiger partial charge on any atom is 0.126 e. The number of benzene rings is 1. The molecule has 2 rings (SSSR count). The molecule has 0 bridgehead atoms. The number of hydrogen-bond acceptors (Lipinski definition) is 1. The van der Waals surface area contributed by atoms with E-state index in [-0.39, 0.29) is 7.24 Å². The van der Waals surface area contributed by atoms with Gasteiger partial charge in [-0.15, -0.1) is 0 Å². The third-order valence-corrected chi connectivity index (χ3v) is 2.68. The first-order valence-corrected chi connectivity index (χ1v) is 4.83. The van der Waals surface area contributed by atoms with Crippen molar-refractivity contribution < 1.29 is 5.82 Å². The molecule has 0 unspecified atom stereocenters. The lowest BCUT2D eigenvalue weighted by Crippen LogP contribution is -2.27. The molecule has 0 saturated carbocycles. The van der Waals surface area contributed by atoms with Crippen molar-refractivity contribution in [3.8, 4) is 0 Å². The van der Waals surface area contributed by atoms with Crippen LogP contribution in [0.2, 0.25) is 0 Å². The molecule has 1 aromatic carbocycles. The van der Waals surface area contributed by atoms with E-state index >= 15 is 0 Å². The summed E-state index contributed by atoms with van der Waals surface area (Å²) in [6.07, 6.45) is 2.11. The van der Waals surface area contributed by atoms with Gasteiger partial charge in [-0.05, 0) is 43.5 Å². The van der Waals surface area contributed by atoms with E-state index in [9.17, 15) is 4.39 Å². The Labute approximate surface area is 79.5 Å². The van der Waals surface area contributed by atoms with E-state index in [1.165, 1.54) is 0 Å². The number of rotatable bonds is 1. The highest BCUT2D eigenvalue weighted by Gasteiger charge is 2.17. The molecule has 1 aliphatic rings. The molecule has 0 atom stereocenters. The molecule has 1 N–H and O–H groups in total. The molecule has 0 aromatic heterocycles. The van der Waals surface area contributed by atoms with Gasteiger partial charge in [0.2, 0.25) is 0 Å². The van der Waals surface area contributed by atoms with E-state index in [1.54, 1.807) is 12.1 Å². The molecule has 0 aliphatic carbocycles. The monoisotopic (exact) mass is 181 g/mol. The van der Waals surface area contributed by atoms with Crippen molar-refractivity contribution in [2.45, 2.75) is 18.8 Å². The van der Waals surface area contributed by atoms with E-state index < -0.39 is 0 Å². The number of piperidine rings is 1. The molecule has 0 amide bonds. The predicted molar refractivity (Wildman–Crippen MR) is 53.4 cm³/mol. The minimum atomic E-state index is -0.0469. The van der Waals surface area contributed by atoms with Crippen molar-refractivity contribution in [1.82, 2.24) is 5.32 Å². The van der Waals surface area contributed by atoms with Crippen LogP contribution < -0.4 is 5.32 Å². The lowest BCUT2D eigenvalue weighted by molar-refractivity contribution is 0.445. The average molecular weight is 181 g/mol. The Bertz CT molecular complexity index is 284. The summed E-state index contributed by atoms with van der Waals surface area (Å²) in [6, 6.07) is 7.13. The van der Waals surface area contributed by atoms with Crippen molar-refractivity contribution in [3.63, 3.8) is 0 Å². The van der Waals surface area contributed by atoms with E-state index in [4.69, 9.17) is 0 Å². The molecular formula is C11H16FN. The zero-order valence-corrected chi connectivity index (χ0v) is 7.59. The second kappa shape index (κ2) is 3.88. The first-order valence-electron chi connectivity index (χ1n) is 4.83. The Morgan fingerprint density at radius 3 is 2.62 bits per heavy atom. The summed E-state index contributed by atoms with van der Waals surface area (Å²) in [5, 5.41) is 3.28. The minimum absolute atomic E-state index is 0. The van der Waals surface area contributed by atoms with Crippen LogP contribution in [0.5, 0.6) is 0 Å². The molecule has 1 heterocycles. The third kappa shape index (κ3) is 1.89. The van der Waals surface area contributed by atoms with Gasteiger partial charge in [-0.3, -0.25) is 0 Å². The second-order valence-electron chi connectivity index (χ2n) is 3.55. The molecule has 2 heteroatoms. The van der Waals surface area contributed by atoms with Crippen LogP contribution in [0.3, 0.4) is 0 Å². The largest absolute Gasteiger partial charge is 0.317 e. The van der Waals surface area contributed by atoms with Crippen LogP contribution in [-0.2, 0) is 0 Å². The smallest absolute Gasteiger partial charge is 0.126 e. The minimum Gasteiger partial charge on any atom is -0.317 e. The van der Waals surface area contributed by atoms with Crippen molar-refractivity contribution in [1.29, 1.82) is 0 Å². The maximum atomic E-state index is 13.4. The number of hydrogen-bond donors (Lipinski definition) is 1. The van der Waals surface area contributed by atoms with Gasteiger partial charge in [-0.25, -0.2) is 4.39 Å². The summed E-state index contributed by atoms with van der Waals surface area (Å²) in [7, 11) is 0. The summed E-state index contributed by atoms with van der Waals surface area (Å²) in [4.78, 5) is 0. The SMILES string of the molecule is Fc1ccccc1C1CCNCC1.[HH]. The van der Waals surface area contributed by atoms with Gasteiger partial charge in [0.1, 0.15) is 5.82 Å². The Morgan fingerprint density at radius 2 is 1.92 bits per heavy atom. The first kappa shape index (κ1) is 8.70. The molecule has 0 spiro atoms. The van der Waals surface area contributed by atoms with Crippen molar-refractivity contribution in [3.05, 3.63) is 35.6 Å². The lowest BCUT2D eigenvalue weighted by atomic mass is 9.90. The fourth-order valence-corrected chi connectivity index (χ4v) is 1.94. The van der Waals surface area contributed by atoms with E-state index in [2.05, 4.69) is 5.32 Å². The fraction of sp³-hybridized carbons (Fsp3) is 0.455.